The van der Waals surface area contributed by atoms with Gasteiger partial charge in [0.15, 0.2) is 0 Å². The van der Waals surface area contributed by atoms with Crippen molar-refractivity contribution in [2.45, 2.75) is 16.3 Å². The van der Waals surface area contributed by atoms with Crippen LogP contribution in [0.1, 0.15) is 5.89 Å². The van der Waals surface area contributed by atoms with Crippen LogP contribution in [0.3, 0.4) is 0 Å². The standard InChI is InChI=1S/C21H16N4O3S/c26-25(27)16-8-6-7-15(13-16)21-23-20(28-24-21)14-22-18-11-4-5-12-19(18)29-17-9-2-1-3-10-17/h1-13,22H,14H2. The normalized spacial score (nSPS) is 10.6. The topological polar surface area (TPSA) is 94.1 Å². The van der Waals surface area contributed by atoms with Crippen LogP contribution in [0.25, 0.3) is 11.4 Å². The largest absolute Gasteiger partial charge is 0.375 e. The Bertz CT molecular complexity index is 1130. The second-order valence-electron chi connectivity index (χ2n) is 6.08. The Hall–Kier alpha value is -3.65. The monoisotopic (exact) mass is 404 g/mol. The van der Waals surface area contributed by atoms with Crippen molar-refractivity contribution in [1.82, 2.24) is 10.1 Å². The second kappa shape index (κ2) is 8.57. The summed E-state index contributed by atoms with van der Waals surface area (Å²) in [6, 6.07) is 24.3. The van der Waals surface area contributed by atoms with Crippen molar-refractivity contribution in [1.29, 1.82) is 0 Å². The van der Waals surface area contributed by atoms with E-state index in [1.165, 1.54) is 12.1 Å². The van der Waals surface area contributed by atoms with Crippen molar-refractivity contribution in [2.24, 2.45) is 0 Å². The highest BCUT2D eigenvalue weighted by Gasteiger charge is 2.13. The van der Waals surface area contributed by atoms with Gasteiger partial charge in [-0.25, -0.2) is 0 Å². The van der Waals surface area contributed by atoms with Gasteiger partial charge in [-0.2, -0.15) is 4.98 Å². The Labute approximate surface area is 170 Å². The summed E-state index contributed by atoms with van der Waals surface area (Å²) in [4.78, 5) is 17.1. The molecule has 4 aromatic rings. The third-order valence-electron chi connectivity index (χ3n) is 4.07. The maximum Gasteiger partial charge on any atom is 0.270 e. The van der Waals surface area contributed by atoms with Crippen LogP contribution in [0.15, 0.2) is 93.2 Å². The fourth-order valence-electron chi connectivity index (χ4n) is 2.69. The molecule has 0 spiro atoms. The maximum atomic E-state index is 10.9. The number of hydrogen-bond acceptors (Lipinski definition) is 7. The number of aromatic nitrogens is 2. The lowest BCUT2D eigenvalue weighted by Crippen LogP contribution is -2.00. The zero-order chi connectivity index (χ0) is 20.1. The van der Waals surface area contributed by atoms with Gasteiger partial charge in [-0.3, -0.25) is 10.1 Å². The van der Waals surface area contributed by atoms with Gasteiger partial charge in [-0.15, -0.1) is 0 Å². The summed E-state index contributed by atoms with van der Waals surface area (Å²) in [7, 11) is 0. The Morgan fingerprint density at radius 3 is 2.62 bits per heavy atom. The van der Waals surface area contributed by atoms with E-state index < -0.39 is 4.92 Å². The molecule has 0 saturated heterocycles. The van der Waals surface area contributed by atoms with Crippen LogP contribution < -0.4 is 5.32 Å². The van der Waals surface area contributed by atoms with Crippen molar-refractivity contribution >= 4 is 23.1 Å². The van der Waals surface area contributed by atoms with Crippen LogP contribution in [0, 0.1) is 10.1 Å². The number of rotatable bonds is 7. The SMILES string of the molecule is O=[N+]([O-])c1cccc(-c2noc(CNc3ccccc3Sc3ccccc3)n2)c1. The molecule has 0 radical (unpaired) electrons. The lowest BCUT2D eigenvalue weighted by molar-refractivity contribution is -0.384. The van der Waals surface area contributed by atoms with E-state index in [4.69, 9.17) is 4.52 Å². The number of non-ortho nitro benzene ring substituents is 1. The van der Waals surface area contributed by atoms with Crippen LogP contribution in [0.4, 0.5) is 11.4 Å². The molecular formula is C21H16N4O3S. The van der Waals surface area contributed by atoms with E-state index in [9.17, 15) is 10.1 Å². The molecule has 1 aromatic heterocycles. The number of para-hydroxylation sites is 1. The van der Waals surface area contributed by atoms with Gasteiger partial charge in [0.2, 0.25) is 11.7 Å². The Morgan fingerprint density at radius 2 is 1.79 bits per heavy atom. The first-order valence-electron chi connectivity index (χ1n) is 8.82. The van der Waals surface area contributed by atoms with Crippen molar-refractivity contribution in [3.05, 3.63) is 94.9 Å². The molecule has 0 saturated carbocycles. The summed E-state index contributed by atoms with van der Waals surface area (Å²) in [6.07, 6.45) is 0. The van der Waals surface area contributed by atoms with E-state index >= 15 is 0 Å². The zero-order valence-electron chi connectivity index (χ0n) is 15.2. The lowest BCUT2D eigenvalue weighted by Gasteiger charge is -2.10. The van der Waals surface area contributed by atoms with E-state index in [0.29, 0.717) is 23.8 Å². The molecule has 0 unspecified atom stereocenters. The van der Waals surface area contributed by atoms with Crippen LogP contribution >= 0.6 is 11.8 Å². The van der Waals surface area contributed by atoms with E-state index in [1.807, 2.05) is 42.5 Å². The summed E-state index contributed by atoms with van der Waals surface area (Å²) in [6.45, 7) is 0.342. The summed E-state index contributed by atoms with van der Waals surface area (Å²) < 4.78 is 5.30. The Morgan fingerprint density at radius 1 is 1.00 bits per heavy atom. The summed E-state index contributed by atoms with van der Waals surface area (Å²) in [5, 5.41) is 18.2. The van der Waals surface area contributed by atoms with Crippen LogP contribution in [0.5, 0.6) is 0 Å². The molecular weight excluding hydrogens is 388 g/mol. The van der Waals surface area contributed by atoms with Gasteiger partial charge in [0, 0.05) is 33.2 Å². The van der Waals surface area contributed by atoms with Crippen molar-refractivity contribution < 1.29 is 9.45 Å². The number of nitro groups is 1. The number of benzene rings is 3. The first-order chi connectivity index (χ1) is 14.2. The minimum atomic E-state index is -0.451. The Balaban J connectivity index is 1.47. The number of nitrogens with zero attached hydrogens (tertiary/aromatic N) is 3. The van der Waals surface area contributed by atoms with Gasteiger partial charge in [-0.05, 0) is 24.3 Å². The fourth-order valence-corrected chi connectivity index (χ4v) is 3.63. The van der Waals surface area contributed by atoms with Crippen LogP contribution in [-0.2, 0) is 6.54 Å². The molecule has 144 valence electrons. The van der Waals surface area contributed by atoms with Crippen molar-refractivity contribution in [2.75, 3.05) is 5.32 Å². The van der Waals surface area contributed by atoms with Crippen molar-refractivity contribution in [3.8, 4) is 11.4 Å². The first-order valence-corrected chi connectivity index (χ1v) is 9.64. The van der Waals surface area contributed by atoms with Gasteiger partial charge in [0.25, 0.3) is 5.69 Å². The number of hydrogen-bond donors (Lipinski definition) is 1. The lowest BCUT2D eigenvalue weighted by atomic mass is 10.2. The highest BCUT2D eigenvalue weighted by molar-refractivity contribution is 7.99. The highest BCUT2D eigenvalue weighted by Crippen LogP contribution is 2.33. The van der Waals surface area contributed by atoms with E-state index in [-0.39, 0.29) is 5.69 Å². The number of anilines is 1. The smallest absolute Gasteiger partial charge is 0.270 e. The molecule has 0 amide bonds. The number of nitro benzene ring substituents is 1. The first kappa shape index (κ1) is 18.7. The van der Waals surface area contributed by atoms with Gasteiger partial charge in [-0.1, -0.05) is 59.4 Å². The highest BCUT2D eigenvalue weighted by atomic mass is 32.2. The Kier molecular flexibility index (Phi) is 5.53. The summed E-state index contributed by atoms with van der Waals surface area (Å²) >= 11 is 1.66. The quantitative estimate of drug-likeness (QED) is 0.325. The molecule has 0 atom stereocenters. The third-order valence-corrected chi connectivity index (χ3v) is 5.16. The predicted octanol–water partition coefficient (Wildman–Crippen LogP) is 5.41. The molecule has 1 N–H and O–H groups in total. The molecule has 8 heteroatoms. The molecule has 0 aliphatic carbocycles. The van der Waals surface area contributed by atoms with E-state index in [1.54, 1.807) is 23.9 Å². The predicted molar refractivity (Wildman–Crippen MR) is 111 cm³/mol. The molecule has 0 bridgehead atoms. The minimum Gasteiger partial charge on any atom is -0.375 e. The minimum absolute atomic E-state index is 0.0150. The summed E-state index contributed by atoms with van der Waals surface area (Å²) in [5.74, 6) is 0.712. The fraction of sp³-hybridized carbons (Fsp3) is 0.0476. The second-order valence-corrected chi connectivity index (χ2v) is 7.20. The van der Waals surface area contributed by atoms with E-state index in [2.05, 4.69) is 27.6 Å². The molecule has 0 fully saturated rings. The molecule has 0 aliphatic rings. The maximum absolute atomic E-state index is 10.9. The summed E-state index contributed by atoms with van der Waals surface area (Å²) in [5.41, 5.74) is 1.48. The molecule has 0 aliphatic heterocycles. The van der Waals surface area contributed by atoms with Gasteiger partial charge < -0.3 is 9.84 Å². The van der Waals surface area contributed by atoms with Crippen molar-refractivity contribution in [3.63, 3.8) is 0 Å². The molecule has 1 heterocycles. The van der Waals surface area contributed by atoms with Crippen LogP contribution in [0.2, 0.25) is 0 Å². The number of nitrogens with one attached hydrogen (secondary N) is 1. The third kappa shape index (κ3) is 4.61. The molecule has 7 nitrogen and oxygen atoms in total. The van der Waals surface area contributed by atoms with Gasteiger partial charge >= 0.3 is 0 Å². The molecule has 4 rings (SSSR count). The van der Waals surface area contributed by atoms with E-state index in [0.717, 1.165) is 15.5 Å². The van der Waals surface area contributed by atoms with Crippen LogP contribution in [-0.4, -0.2) is 15.1 Å². The molecule has 3 aromatic carbocycles. The average molecular weight is 404 g/mol. The van der Waals surface area contributed by atoms with Gasteiger partial charge in [0.05, 0.1) is 11.5 Å². The zero-order valence-corrected chi connectivity index (χ0v) is 16.0. The van der Waals surface area contributed by atoms with Gasteiger partial charge in [0.1, 0.15) is 0 Å². The average Bonchev–Trinajstić information content (AvgIpc) is 3.23. The molecule has 29 heavy (non-hydrogen) atoms.